The third-order valence-electron chi connectivity index (χ3n) is 4.05. The summed E-state index contributed by atoms with van der Waals surface area (Å²) in [5.41, 5.74) is 5.43. The number of hydrogen-bond acceptors (Lipinski definition) is 2. The van der Waals surface area contributed by atoms with Crippen molar-refractivity contribution in [3.63, 3.8) is 0 Å². The molecule has 2 nitrogen and oxygen atoms in total. The number of nitrogens with zero attached hydrogens (tertiary/aromatic N) is 1. The lowest BCUT2D eigenvalue weighted by atomic mass is 9.74. The van der Waals surface area contributed by atoms with Gasteiger partial charge in [0.25, 0.3) is 5.92 Å². The van der Waals surface area contributed by atoms with Crippen molar-refractivity contribution in [1.29, 1.82) is 0 Å². The minimum atomic E-state index is -2.63. The van der Waals surface area contributed by atoms with Crippen LogP contribution in [0.15, 0.2) is 0 Å². The second kappa shape index (κ2) is 3.14. The van der Waals surface area contributed by atoms with Crippen LogP contribution in [0.5, 0.6) is 0 Å². The minimum Gasteiger partial charge on any atom is -0.322 e. The molecule has 1 atom stereocenters. The van der Waals surface area contributed by atoms with E-state index in [1.807, 2.05) is 7.05 Å². The summed E-state index contributed by atoms with van der Waals surface area (Å²) >= 11 is 0. The Hall–Kier alpha value is -0.220. The lowest BCUT2D eigenvalue weighted by Gasteiger charge is -2.41. The van der Waals surface area contributed by atoms with Gasteiger partial charge in [-0.2, -0.15) is 0 Å². The van der Waals surface area contributed by atoms with Crippen LogP contribution in [-0.4, -0.2) is 37.0 Å². The molecular weight excluding hydrogens is 186 g/mol. The average molecular weight is 204 g/mol. The van der Waals surface area contributed by atoms with E-state index in [1.54, 1.807) is 0 Å². The van der Waals surface area contributed by atoms with Crippen molar-refractivity contribution in [2.45, 2.75) is 37.6 Å². The summed E-state index contributed by atoms with van der Waals surface area (Å²) in [5.74, 6) is -2.63. The van der Waals surface area contributed by atoms with Gasteiger partial charge in [0, 0.05) is 6.42 Å². The van der Waals surface area contributed by atoms with Crippen LogP contribution in [0.25, 0.3) is 0 Å². The van der Waals surface area contributed by atoms with Gasteiger partial charge in [0.1, 0.15) is 0 Å². The first-order valence-corrected chi connectivity index (χ1v) is 5.28. The molecule has 0 amide bonds. The van der Waals surface area contributed by atoms with Crippen LogP contribution in [0, 0.1) is 5.41 Å². The summed E-state index contributed by atoms with van der Waals surface area (Å²) in [6.07, 6.45) is 2.26. The van der Waals surface area contributed by atoms with Gasteiger partial charge in [0.2, 0.25) is 0 Å². The molecule has 0 bridgehead atoms. The highest BCUT2D eigenvalue weighted by Gasteiger charge is 2.57. The fourth-order valence-electron chi connectivity index (χ4n) is 2.80. The van der Waals surface area contributed by atoms with Crippen molar-refractivity contribution >= 4 is 0 Å². The molecule has 2 N–H and O–H groups in total. The highest BCUT2D eigenvalue weighted by Crippen LogP contribution is 2.51. The summed E-state index contributed by atoms with van der Waals surface area (Å²) < 4.78 is 26.7. The zero-order chi connectivity index (χ0) is 10.4. The van der Waals surface area contributed by atoms with Gasteiger partial charge in [-0.05, 0) is 44.8 Å². The standard InChI is InChI=1S/C10H18F2N2/c1-14-6-4-9(5-7-14)2-3-10(11,12)8(9)13/h8H,2-7,13H2,1H3/t8-/m0/s1. The first kappa shape index (κ1) is 10.3. The molecule has 0 aromatic carbocycles. The van der Waals surface area contributed by atoms with Crippen LogP contribution in [0.4, 0.5) is 8.78 Å². The van der Waals surface area contributed by atoms with Gasteiger partial charge in [0.05, 0.1) is 6.04 Å². The van der Waals surface area contributed by atoms with Crippen LogP contribution >= 0.6 is 0 Å². The van der Waals surface area contributed by atoms with Crippen molar-refractivity contribution in [2.75, 3.05) is 20.1 Å². The topological polar surface area (TPSA) is 29.3 Å². The number of halogens is 2. The third-order valence-corrected chi connectivity index (χ3v) is 4.05. The molecule has 2 aliphatic rings. The van der Waals surface area contributed by atoms with Crippen LogP contribution in [0.1, 0.15) is 25.7 Å². The molecule has 1 aliphatic heterocycles. The Labute approximate surface area is 83.4 Å². The molecule has 1 heterocycles. The first-order valence-electron chi connectivity index (χ1n) is 5.28. The van der Waals surface area contributed by atoms with Gasteiger partial charge in [0.15, 0.2) is 0 Å². The molecule has 2 rings (SSSR count). The molecule has 2 fully saturated rings. The number of likely N-dealkylation sites (tertiary alicyclic amines) is 1. The highest BCUT2D eigenvalue weighted by molar-refractivity contribution is 5.05. The lowest BCUT2D eigenvalue weighted by Crippen LogP contribution is -2.51. The molecule has 0 unspecified atom stereocenters. The second-order valence-corrected chi connectivity index (χ2v) is 4.90. The van der Waals surface area contributed by atoms with Crippen LogP contribution in [0.3, 0.4) is 0 Å². The largest absolute Gasteiger partial charge is 0.322 e. The third kappa shape index (κ3) is 1.44. The Bertz CT molecular complexity index is 222. The predicted molar refractivity (Wildman–Crippen MR) is 51.3 cm³/mol. The fourth-order valence-corrected chi connectivity index (χ4v) is 2.80. The Morgan fingerprint density at radius 2 is 1.71 bits per heavy atom. The van der Waals surface area contributed by atoms with Crippen molar-refractivity contribution in [3.05, 3.63) is 0 Å². The zero-order valence-corrected chi connectivity index (χ0v) is 8.60. The van der Waals surface area contributed by atoms with Crippen molar-refractivity contribution in [3.8, 4) is 0 Å². The Kier molecular flexibility index (Phi) is 2.31. The molecule has 1 aliphatic carbocycles. The van der Waals surface area contributed by atoms with Gasteiger partial charge in [-0.15, -0.1) is 0 Å². The summed E-state index contributed by atoms with van der Waals surface area (Å²) in [6.45, 7) is 1.81. The maximum atomic E-state index is 13.3. The molecule has 14 heavy (non-hydrogen) atoms. The quantitative estimate of drug-likeness (QED) is 0.647. The normalized spacial score (nSPS) is 36.4. The van der Waals surface area contributed by atoms with Gasteiger partial charge in [-0.1, -0.05) is 0 Å². The van der Waals surface area contributed by atoms with E-state index in [-0.39, 0.29) is 11.8 Å². The van der Waals surface area contributed by atoms with E-state index in [0.29, 0.717) is 6.42 Å². The molecule has 1 saturated carbocycles. The maximum Gasteiger partial charge on any atom is 0.263 e. The van der Waals surface area contributed by atoms with Crippen molar-refractivity contribution < 1.29 is 8.78 Å². The number of alkyl halides is 2. The molecular formula is C10H18F2N2. The van der Waals surface area contributed by atoms with Gasteiger partial charge in [-0.3, -0.25) is 0 Å². The van der Waals surface area contributed by atoms with E-state index >= 15 is 0 Å². The van der Waals surface area contributed by atoms with E-state index in [2.05, 4.69) is 4.90 Å². The summed E-state index contributed by atoms with van der Waals surface area (Å²) in [6, 6.07) is -0.913. The fraction of sp³-hybridized carbons (Fsp3) is 1.00. The van der Waals surface area contributed by atoms with E-state index in [0.717, 1.165) is 25.9 Å². The van der Waals surface area contributed by atoms with Gasteiger partial charge < -0.3 is 10.6 Å². The van der Waals surface area contributed by atoms with E-state index in [4.69, 9.17) is 5.73 Å². The lowest BCUT2D eigenvalue weighted by molar-refractivity contribution is -0.0337. The SMILES string of the molecule is CN1CCC2(CC1)CCC(F)(F)[C@H]2N. The second-order valence-electron chi connectivity index (χ2n) is 4.90. The van der Waals surface area contributed by atoms with Gasteiger partial charge in [-0.25, -0.2) is 8.78 Å². The maximum absolute atomic E-state index is 13.3. The summed E-state index contributed by atoms with van der Waals surface area (Å²) in [5, 5.41) is 0. The Balaban J connectivity index is 2.11. The molecule has 1 saturated heterocycles. The highest BCUT2D eigenvalue weighted by atomic mass is 19.3. The van der Waals surface area contributed by atoms with Crippen molar-refractivity contribution in [2.24, 2.45) is 11.1 Å². The molecule has 4 heteroatoms. The minimum absolute atomic E-state index is 0.0160. The molecule has 0 aromatic heterocycles. The van der Waals surface area contributed by atoms with Gasteiger partial charge >= 0.3 is 0 Å². The smallest absolute Gasteiger partial charge is 0.263 e. The summed E-state index contributed by atoms with van der Waals surface area (Å²) in [7, 11) is 2.03. The Morgan fingerprint density at radius 3 is 2.14 bits per heavy atom. The number of rotatable bonds is 0. The van der Waals surface area contributed by atoms with Crippen LogP contribution in [-0.2, 0) is 0 Å². The van der Waals surface area contributed by atoms with E-state index in [9.17, 15) is 8.78 Å². The molecule has 0 radical (unpaired) electrons. The van der Waals surface area contributed by atoms with Crippen molar-refractivity contribution in [1.82, 2.24) is 4.90 Å². The Morgan fingerprint density at radius 1 is 1.14 bits per heavy atom. The summed E-state index contributed by atoms with van der Waals surface area (Å²) in [4.78, 5) is 2.19. The average Bonchev–Trinajstić information content (AvgIpc) is 2.36. The van der Waals surface area contributed by atoms with Crippen LogP contribution < -0.4 is 5.73 Å². The number of hydrogen-bond donors (Lipinski definition) is 1. The number of piperidine rings is 1. The molecule has 1 spiro atoms. The molecule has 0 aromatic rings. The van der Waals surface area contributed by atoms with E-state index < -0.39 is 12.0 Å². The zero-order valence-electron chi connectivity index (χ0n) is 8.60. The monoisotopic (exact) mass is 204 g/mol. The molecule has 82 valence electrons. The van der Waals surface area contributed by atoms with E-state index in [1.165, 1.54) is 0 Å². The predicted octanol–water partition coefficient (Wildman–Crippen LogP) is 1.45. The van der Waals surface area contributed by atoms with Crippen LogP contribution in [0.2, 0.25) is 0 Å². The number of nitrogens with two attached hydrogens (primary N) is 1. The first-order chi connectivity index (χ1) is 6.46.